The Balaban J connectivity index is 1.54. The molecule has 0 radical (unpaired) electrons. The Kier molecular flexibility index (Phi) is 3.51. The largest absolute Gasteiger partial charge is 0.465 e. The van der Waals surface area contributed by atoms with Gasteiger partial charge in [0, 0.05) is 10.9 Å². The van der Waals surface area contributed by atoms with Crippen molar-refractivity contribution in [2.75, 3.05) is 5.43 Å². The predicted octanol–water partition coefficient (Wildman–Crippen LogP) is 3.60. The minimum absolute atomic E-state index is 0.330. The van der Waals surface area contributed by atoms with Crippen molar-refractivity contribution in [3.05, 3.63) is 54.0 Å². The molecule has 2 N–H and O–H groups in total. The number of fused-ring (bicyclic) bond motifs is 3. The normalized spacial score (nSPS) is 12.5. The highest BCUT2D eigenvalue weighted by atomic mass is 16.3. The molecule has 0 bridgehead atoms. The van der Waals surface area contributed by atoms with Crippen molar-refractivity contribution >= 4 is 40.3 Å². The number of allylic oxidation sites excluding steroid dienone is 1. The molecule has 0 saturated heterocycles. The summed E-state index contributed by atoms with van der Waals surface area (Å²) < 4.78 is 5.25. The van der Waals surface area contributed by atoms with Crippen LogP contribution in [-0.4, -0.2) is 26.4 Å². The average Bonchev–Trinajstić information content (AvgIpc) is 3.21. The van der Waals surface area contributed by atoms with E-state index in [9.17, 15) is 0 Å². The maximum Gasteiger partial charge on any atom is 0.265 e. The van der Waals surface area contributed by atoms with Crippen molar-refractivity contribution < 1.29 is 4.42 Å². The first kappa shape index (κ1) is 14.1. The van der Waals surface area contributed by atoms with Crippen molar-refractivity contribution in [2.24, 2.45) is 5.10 Å². The molecule has 0 amide bonds. The average molecular weight is 318 g/mol. The van der Waals surface area contributed by atoms with Gasteiger partial charge in [0.15, 0.2) is 5.65 Å². The van der Waals surface area contributed by atoms with E-state index in [1.807, 2.05) is 49.4 Å². The topological polar surface area (TPSA) is 92.0 Å². The van der Waals surface area contributed by atoms with Gasteiger partial charge in [-0.15, -0.1) is 10.2 Å². The van der Waals surface area contributed by atoms with Crippen molar-refractivity contribution in [1.29, 1.82) is 0 Å². The van der Waals surface area contributed by atoms with Gasteiger partial charge in [0.05, 0.1) is 12.5 Å². The molecule has 0 spiro atoms. The number of H-pyrrole nitrogens is 1. The zero-order valence-corrected chi connectivity index (χ0v) is 12.9. The first-order valence-electron chi connectivity index (χ1n) is 7.41. The molecule has 4 aromatic rings. The van der Waals surface area contributed by atoms with E-state index in [1.165, 1.54) is 0 Å². The van der Waals surface area contributed by atoms with Gasteiger partial charge in [-0.25, -0.2) is 5.43 Å². The Morgan fingerprint density at radius 2 is 2.12 bits per heavy atom. The second-order valence-corrected chi connectivity index (χ2v) is 5.28. The number of nitrogens with zero attached hydrogens (tertiary/aromatic N) is 4. The molecule has 7 heteroatoms. The molecule has 0 saturated carbocycles. The van der Waals surface area contributed by atoms with E-state index in [2.05, 4.69) is 30.7 Å². The van der Waals surface area contributed by atoms with Crippen molar-refractivity contribution in [3.8, 4) is 0 Å². The molecule has 3 aromatic heterocycles. The summed E-state index contributed by atoms with van der Waals surface area (Å²) in [6.07, 6.45) is 5.18. The summed E-state index contributed by atoms with van der Waals surface area (Å²) in [5, 5.41) is 13.4. The van der Waals surface area contributed by atoms with Crippen molar-refractivity contribution in [1.82, 2.24) is 20.2 Å². The van der Waals surface area contributed by atoms with E-state index in [-0.39, 0.29) is 0 Å². The number of aromatic amines is 1. The third-order valence-corrected chi connectivity index (χ3v) is 3.47. The molecule has 3 heterocycles. The molecular formula is C17H14N6O. The minimum atomic E-state index is 0.330. The zero-order chi connectivity index (χ0) is 16.4. The summed E-state index contributed by atoms with van der Waals surface area (Å²) in [7, 11) is 0. The first-order chi connectivity index (χ1) is 11.8. The first-order valence-corrected chi connectivity index (χ1v) is 7.41. The summed E-state index contributed by atoms with van der Waals surface area (Å²) in [6, 6.07) is 11.6. The van der Waals surface area contributed by atoms with Gasteiger partial charge in [-0.1, -0.05) is 18.2 Å². The minimum Gasteiger partial charge on any atom is -0.465 e. The summed E-state index contributed by atoms with van der Waals surface area (Å²) in [4.78, 5) is 7.61. The van der Waals surface area contributed by atoms with Gasteiger partial charge in [0.25, 0.3) is 5.95 Å². The number of hydrogen-bond acceptors (Lipinski definition) is 6. The lowest BCUT2D eigenvalue weighted by Crippen LogP contribution is -1.98. The second kappa shape index (κ2) is 5.96. The van der Waals surface area contributed by atoms with Crippen LogP contribution in [0.15, 0.2) is 57.8 Å². The lowest BCUT2D eigenvalue weighted by Gasteiger charge is -1.97. The predicted molar refractivity (Wildman–Crippen MR) is 93.7 cm³/mol. The lowest BCUT2D eigenvalue weighted by molar-refractivity contribution is 0.557. The van der Waals surface area contributed by atoms with Crippen LogP contribution in [0.4, 0.5) is 5.95 Å². The second-order valence-electron chi connectivity index (χ2n) is 5.28. The highest BCUT2D eigenvalue weighted by Gasteiger charge is 2.07. The van der Waals surface area contributed by atoms with Crippen LogP contribution in [0.1, 0.15) is 12.7 Å². The zero-order valence-electron chi connectivity index (χ0n) is 12.9. The quantitative estimate of drug-likeness (QED) is 0.443. The third kappa shape index (κ3) is 2.74. The summed E-state index contributed by atoms with van der Waals surface area (Å²) in [5.74, 6) is 1.10. The Labute approximate surface area is 137 Å². The maximum atomic E-state index is 5.25. The van der Waals surface area contributed by atoms with Gasteiger partial charge in [-0.05, 0) is 36.8 Å². The fourth-order valence-corrected chi connectivity index (χ4v) is 2.39. The van der Waals surface area contributed by atoms with Gasteiger partial charge in [-0.3, -0.25) is 0 Å². The van der Waals surface area contributed by atoms with Gasteiger partial charge >= 0.3 is 0 Å². The number of aromatic nitrogens is 4. The monoisotopic (exact) mass is 318 g/mol. The smallest absolute Gasteiger partial charge is 0.265 e. The Morgan fingerprint density at radius 3 is 3.00 bits per heavy atom. The number of benzene rings is 1. The van der Waals surface area contributed by atoms with Crippen LogP contribution in [0.25, 0.3) is 28.1 Å². The molecule has 0 unspecified atom stereocenters. The van der Waals surface area contributed by atoms with Crippen LogP contribution in [0.5, 0.6) is 0 Å². The van der Waals surface area contributed by atoms with E-state index < -0.39 is 0 Å². The molecule has 1 aromatic carbocycles. The van der Waals surface area contributed by atoms with E-state index >= 15 is 0 Å². The highest BCUT2D eigenvalue weighted by Crippen LogP contribution is 2.21. The van der Waals surface area contributed by atoms with E-state index in [0.717, 1.165) is 27.8 Å². The number of anilines is 1. The summed E-state index contributed by atoms with van der Waals surface area (Å²) in [6.45, 7) is 1.92. The van der Waals surface area contributed by atoms with Gasteiger partial charge in [-0.2, -0.15) is 10.1 Å². The highest BCUT2D eigenvalue weighted by molar-refractivity contribution is 6.03. The van der Waals surface area contributed by atoms with Gasteiger partial charge in [0.2, 0.25) is 0 Å². The number of hydrazone groups is 1. The van der Waals surface area contributed by atoms with Gasteiger partial charge < -0.3 is 9.40 Å². The number of rotatable bonds is 4. The molecule has 0 aliphatic rings. The van der Waals surface area contributed by atoms with Crippen LogP contribution in [0, 0.1) is 0 Å². The van der Waals surface area contributed by atoms with Crippen molar-refractivity contribution in [3.63, 3.8) is 0 Å². The maximum absolute atomic E-state index is 5.25. The number of nitrogens with one attached hydrogen (secondary N) is 2. The SMILES string of the molecule is CC(/C=N\Nc1nnc2c(n1)[nH]c1ccccc12)=C\c1ccco1. The fourth-order valence-electron chi connectivity index (χ4n) is 2.39. The Hall–Kier alpha value is -3.48. The molecule has 4 rings (SSSR count). The molecule has 0 atom stereocenters. The molecule has 118 valence electrons. The van der Waals surface area contributed by atoms with E-state index in [0.29, 0.717) is 11.6 Å². The molecule has 0 fully saturated rings. The van der Waals surface area contributed by atoms with Crippen LogP contribution >= 0.6 is 0 Å². The van der Waals surface area contributed by atoms with Crippen LogP contribution in [0.3, 0.4) is 0 Å². The Morgan fingerprint density at radius 1 is 1.21 bits per heavy atom. The van der Waals surface area contributed by atoms with E-state index in [4.69, 9.17) is 4.42 Å². The van der Waals surface area contributed by atoms with E-state index in [1.54, 1.807) is 12.5 Å². The number of hydrogen-bond donors (Lipinski definition) is 2. The standard InChI is InChI=1S/C17H14N6O/c1-11(9-12-5-4-8-24-12)10-18-22-17-20-16-15(21-23-17)13-6-2-3-7-14(13)19-16/h2-10H,1H3,(H2,19,20,22,23)/b11-9+,18-10-. The van der Waals surface area contributed by atoms with Crippen LogP contribution in [-0.2, 0) is 0 Å². The molecule has 0 aliphatic carbocycles. The number of furan rings is 1. The van der Waals surface area contributed by atoms with Crippen LogP contribution < -0.4 is 5.43 Å². The van der Waals surface area contributed by atoms with Crippen molar-refractivity contribution in [2.45, 2.75) is 6.92 Å². The fraction of sp³-hybridized carbons (Fsp3) is 0.0588. The van der Waals surface area contributed by atoms with Gasteiger partial charge in [0.1, 0.15) is 11.3 Å². The third-order valence-electron chi connectivity index (χ3n) is 3.47. The molecule has 0 aliphatic heterocycles. The summed E-state index contributed by atoms with van der Waals surface area (Å²) >= 11 is 0. The molecular weight excluding hydrogens is 304 g/mol. The molecule has 24 heavy (non-hydrogen) atoms. The molecule has 7 nitrogen and oxygen atoms in total. The summed E-state index contributed by atoms with van der Waals surface area (Å²) in [5.41, 5.74) is 6.11. The Bertz CT molecular complexity index is 1050. The lowest BCUT2D eigenvalue weighted by atomic mass is 10.2. The number of para-hydroxylation sites is 1. The van der Waals surface area contributed by atoms with Crippen LogP contribution in [0.2, 0.25) is 0 Å².